The standard InChI is InChI=1S/C14H12N2O4/c1-9-5-6-12(16(18)19)13(8-9)20-14-11(10(2)17)4-3-7-15-14/h3-8H,1-2H3. The first kappa shape index (κ1) is 13.7. The average molecular weight is 272 g/mol. The Morgan fingerprint density at radius 3 is 2.75 bits per heavy atom. The predicted octanol–water partition coefficient (Wildman–Crippen LogP) is 3.29. The molecule has 0 amide bonds. The molecule has 0 N–H and O–H groups in total. The van der Waals surface area contributed by atoms with Gasteiger partial charge in [-0.2, -0.15) is 0 Å². The van der Waals surface area contributed by atoms with E-state index in [2.05, 4.69) is 4.98 Å². The lowest BCUT2D eigenvalue weighted by Crippen LogP contribution is -2.01. The smallest absolute Gasteiger partial charge is 0.311 e. The van der Waals surface area contributed by atoms with Gasteiger partial charge in [0, 0.05) is 12.3 Å². The van der Waals surface area contributed by atoms with Gasteiger partial charge in [-0.3, -0.25) is 14.9 Å². The van der Waals surface area contributed by atoms with E-state index < -0.39 is 4.92 Å². The lowest BCUT2D eigenvalue weighted by molar-refractivity contribution is -0.385. The van der Waals surface area contributed by atoms with Crippen LogP contribution in [0.15, 0.2) is 36.5 Å². The zero-order valence-corrected chi connectivity index (χ0v) is 11.0. The molecule has 0 bridgehead atoms. The molecule has 20 heavy (non-hydrogen) atoms. The van der Waals surface area contributed by atoms with Crippen molar-refractivity contribution in [2.45, 2.75) is 13.8 Å². The highest BCUT2D eigenvalue weighted by molar-refractivity contribution is 5.96. The summed E-state index contributed by atoms with van der Waals surface area (Å²) in [5, 5.41) is 11.0. The van der Waals surface area contributed by atoms with Crippen molar-refractivity contribution >= 4 is 11.5 Å². The molecule has 0 atom stereocenters. The third-order valence-electron chi connectivity index (χ3n) is 2.67. The van der Waals surface area contributed by atoms with Crippen LogP contribution in [0.3, 0.4) is 0 Å². The van der Waals surface area contributed by atoms with Crippen molar-refractivity contribution < 1.29 is 14.5 Å². The molecule has 2 rings (SSSR count). The van der Waals surface area contributed by atoms with Gasteiger partial charge in [0.1, 0.15) is 0 Å². The highest BCUT2D eigenvalue weighted by Gasteiger charge is 2.18. The van der Waals surface area contributed by atoms with E-state index in [4.69, 9.17) is 4.74 Å². The number of rotatable bonds is 4. The van der Waals surface area contributed by atoms with Crippen molar-refractivity contribution in [3.8, 4) is 11.6 Å². The minimum absolute atomic E-state index is 0.0636. The SMILES string of the molecule is CC(=O)c1cccnc1Oc1cc(C)ccc1[N+](=O)[O-]. The summed E-state index contributed by atoms with van der Waals surface area (Å²) in [6.07, 6.45) is 1.46. The Kier molecular flexibility index (Phi) is 3.74. The van der Waals surface area contributed by atoms with Crippen LogP contribution < -0.4 is 4.74 Å². The molecule has 102 valence electrons. The van der Waals surface area contributed by atoms with Gasteiger partial charge in [-0.05, 0) is 37.6 Å². The first-order valence-electron chi connectivity index (χ1n) is 5.88. The average Bonchev–Trinajstić information content (AvgIpc) is 2.38. The second-order valence-electron chi connectivity index (χ2n) is 4.24. The van der Waals surface area contributed by atoms with Gasteiger partial charge in [-0.1, -0.05) is 6.07 Å². The summed E-state index contributed by atoms with van der Waals surface area (Å²) in [5.74, 6) is -0.0895. The number of pyridine rings is 1. The highest BCUT2D eigenvalue weighted by Crippen LogP contribution is 2.32. The highest BCUT2D eigenvalue weighted by atomic mass is 16.6. The lowest BCUT2D eigenvalue weighted by Gasteiger charge is -2.08. The van der Waals surface area contributed by atoms with Crippen LogP contribution in [-0.4, -0.2) is 15.7 Å². The van der Waals surface area contributed by atoms with Crippen LogP contribution >= 0.6 is 0 Å². The van der Waals surface area contributed by atoms with E-state index >= 15 is 0 Å². The molecule has 1 aromatic carbocycles. The van der Waals surface area contributed by atoms with Crippen molar-refractivity contribution in [3.05, 3.63) is 57.8 Å². The molecular weight excluding hydrogens is 260 g/mol. The first-order chi connectivity index (χ1) is 9.49. The Morgan fingerprint density at radius 1 is 1.35 bits per heavy atom. The molecular formula is C14H12N2O4. The first-order valence-corrected chi connectivity index (χ1v) is 5.88. The number of nitrogens with zero attached hydrogens (tertiary/aromatic N) is 2. The second kappa shape index (κ2) is 5.48. The van der Waals surface area contributed by atoms with Crippen molar-refractivity contribution in [1.29, 1.82) is 0 Å². The molecule has 0 aliphatic carbocycles. The summed E-state index contributed by atoms with van der Waals surface area (Å²) < 4.78 is 5.47. The van der Waals surface area contributed by atoms with Crippen LogP contribution in [0, 0.1) is 17.0 Å². The van der Waals surface area contributed by atoms with Crippen LogP contribution in [0.5, 0.6) is 11.6 Å². The molecule has 0 fully saturated rings. The fourth-order valence-electron chi connectivity index (χ4n) is 1.70. The van der Waals surface area contributed by atoms with E-state index in [1.54, 1.807) is 25.1 Å². The van der Waals surface area contributed by atoms with Crippen LogP contribution in [0.2, 0.25) is 0 Å². The van der Waals surface area contributed by atoms with Crippen molar-refractivity contribution in [3.63, 3.8) is 0 Å². The lowest BCUT2D eigenvalue weighted by atomic mass is 10.2. The van der Waals surface area contributed by atoms with Gasteiger partial charge in [0.25, 0.3) is 0 Å². The molecule has 6 heteroatoms. The molecule has 6 nitrogen and oxygen atoms in total. The largest absolute Gasteiger partial charge is 0.431 e. The number of aryl methyl sites for hydroxylation is 1. The van der Waals surface area contributed by atoms with E-state index in [9.17, 15) is 14.9 Å². The fourth-order valence-corrected chi connectivity index (χ4v) is 1.70. The summed E-state index contributed by atoms with van der Waals surface area (Å²) in [6.45, 7) is 3.18. The van der Waals surface area contributed by atoms with Crippen molar-refractivity contribution in [1.82, 2.24) is 4.98 Å². The van der Waals surface area contributed by atoms with E-state index in [1.165, 1.54) is 25.3 Å². The zero-order valence-electron chi connectivity index (χ0n) is 11.0. The van der Waals surface area contributed by atoms with Crippen molar-refractivity contribution in [2.24, 2.45) is 0 Å². The Balaban J connectivity index is 2.47. The topological polar surface area (TPSA) is 82.3 Å². The van der Waals surface area contributed by atoms with Gasteiger partial charge < -0.3 is 4.74 Å². The van der Waals surface area contributed by atoms with Crippen LogP contribution in [-0.2, 0) is 0 Å². The van der Waals surface area contributed by atoms with E-state index in [-0.39, 0.29) is 28.7 Å². The number of carbonyl (C=O) groups is 1. The molecule has 2 aromatic rings. The number of ketones is 1. The Hall–Kier alpha value is -2.76. The summed E-state index contributed by atoms with van der Waals surface area (Å²) in [5.41, 5.74) is 0.921. The minimum Gasteiger partial charge on any atom is -0.431 e. The normalized spacial score (nSPS) is 10.1. The molecule has 1 heterocycles. The number of carbonyl (C=O) groups excluding carboxylic acids is 1. The van der Waals surface area contributed by atoms with Crippen LogP contribution in [0.1, 0.15) is 22.8 Å². The number of aromatic nitrogens is 1. The van der Waals surface area contributed by atoms with E-state index in [0.717, 1.165) is 5.56 Å². The summed E-state index contributed by atoms with van der Waals surface area (Å²) >= 11 is 0. The Morgan fingerprint density at radius 2 is 2.10 bits per heavy atom. The molecule has 1 aromatic heterocycles. The third-order valence-corrected chi connectivity index (χ3v) is 2.67. The van der Waals surface area contributed by atoms with Gasteiger partial charge in [0.05, 0.1) is 10.5 Å². The monoisotopic (exact) mass is 272 g/mol. The molecule has 0 aliphatic heterocycles. The number of benzene rings is 1. The van der Waals surface area contributed by atoms with Gasteiger partial charge in [-0.15, -0.1) is 0 Å². The van der Waals surface area contributed by atoms with Gasteiger partial charge >= 0.3 is 5.69 Å². The van der Waals surface area contributed by atoms with Gasteiger partial charge in [-0.25, -0.2) is 4.98 Å². The summed E-state index contributed by atoms with van der Waals surface area (Å²) in [7, 11) is 0. The van der Waals surface area contributed by atoms with Crippen molar-refractivity contribution in [2.75, 3.05) is 0 Å². The fraction of sp³-hybridized carbons (Fsp3) is 0.143. The van der Waals surface area contributed by atoms with Crippen LogP contribution in [0.25, 0.3) is 0 Å². The van der Waals surface area contributed by atoms with Crippen LogP contribution in [0.4, 0.5) is 5.69 Å². The number of hydrogen-bond donors (Lipinski definition) is 0. The number of nitro groups is 1. The maximum absolute atomic E-state index is 11.5. The van der Waals surface area contributed by atoms with Gasteiger partial charge in [0.2, 0.25) is 11.6 Å². The summed E-state index contributed by atoms with van der Waals surface area (Å²) in [4.78, 5) is 25.9. The Bertz CT molecular complexity index is 683. The third kappa shape index (κ3) is 2.80. The molecule has 0 radical (unpaired) electrons. The minimum atomic E-state index is -0.537. The Labute approximate surface area is 115 Å². The predicted molar refractivity (Wildman–Crippen MR) is 72.1 cm³/mol. The quantitative estimate of drug-likeness (QED) is 0.484. The van der Waals surface area contributed by atoms with E-state index in [0.29, 0.717) is 0 Å². The molecule has 0 unspecified atom stereocenters. The van der Waals surface area contributed by atoms with Gasteiger partial charge in [0.15, 0.2) is 5.78 Å². The maximum atomic E-state index is 11.5. The number of nitro benzene ring substituents is 1. The van der Waals surface area contributed by atoms with E-state index in [1.807, 2.05) is 0 Å². The number of hydrogen-bond acceptors (Lipinski definition) is 5. The maximum Gasteiger partial charge on any atom is 0.311 e. The zero-order chi connectivity index (χ0) is 14.7. The second-order valence-corrected chi connectivity index (χ2v) is 4.24. The number of Topliss-reactive ketones (excluding diaryl/α,β-unsaturated/α-hetero) is 1. The summed E-state index contributed by atoms with van der Waals surface area (Å²) in [6, 6.07) is 7.69. The molecule has 0 spiro atoms. The number of ether oxygens (including phenoxy) is 1. The molecule has 0 saturated heterocycles. The molecule has 0 aliphatic rings. The molecule has 0 saturated carbocycles.